The summed E-state index contributed by atoms with van der Waals surface area (Å²) in [4.78, 5) is 11.9. The number of amides is 1. The third-order valence-electron chi connectivity index (χ3n) is 3.72. The van der Waals surface area contributed by atoms with E-state index >= 15 is 0 Å². The second-order valence-electron chi connectivity index (χ2n) is 5.78. The molecule has 0 aromatic heterocycles. The van der Waals surface area contributed by atoms with E-state index in [0.29, 0.717) is 30.5 Å². The summed E-state index contributed by atoms with van der Waals surface area (Å²) in [5.41, 5.74) is 5.88. The maximum Gasteiger partial charge on any atom is 0.250 e. The van der Waals surface area contributed by atoms with E-state index in [-0.39, 0.29) is 5.91 Å². The first kappa shape index (κ1) is 20.8. The number of nitrogens with zero attached hydrogens (tertiary/aromatic N) is 1. The summed E-state index contributed by atoms with van der Waals surface area (Å²) in [6, 6.07) is 13.8. The molecule has 0 aliphatic heterocycles. The molecule has 27 heavy (non-hydrogen) atoms. The second-order valence-corrected chi connectivity index (χ2v) is 6.77. The highest BCUT2D eigenvalue weighted by atomic mass is 32.2. The van der Waals surface area contributed by atoms with Gasteiger partial charge in [0.2, 0.25) is 5.91 Å². The number of carbonyl (C=O) groups is 1. The molecular weight excluding hydrogens is 360 g/mol. The maximum absolute atomic E-state index is 11.9. The van der Waals surface area contributed by atoms with E-state index < -0.39 is 0 Å². The fourth-order valence-corrected chi connectivity index (χ4v) is 3.28. The molecule has 5 nitrogen and oxygen atoms in total. The van der Waals surface area contributed by atoms with Gasteiger partial charge in [-0.25, -0.2) is 5.43 Å². The molecule has 0 saturated heterocycles. The maximum atomic E-state index is 11.9. The first-order valence-corrected chi connectivity index (χ1v) is 10.1. The predicted octanol–water partition coefficient (Wildman–Crippen LogP) is 4.18. The van der Waals surface area contributed by atoms with E-state index in [1.807, 2.05) is 44.2 Å². The number of thioether (sulfide) groups is 1. The molecule has 0 saturated carbocycles. The standard InChI is InChI=1S/C21H26N2O3S/c1-4-25-19-11-10-17(12-20(19)26-5-2)13-22-23-21(24)15-27-14-18-9-7-6-8-16(18)3/h6-13H,4-5,14-15H2,1-3H3,(H,23,24)/b22-13-. The molecule has 0 radical (unpaired) electrons. The first-order valence-electron chi connectivity index (χ1n) is 8.97. The van der Waals surface area contributed by atoms with E-state index in [0.717, 1.165) is 11.3 Å². The average Bonchev–Trinajstić information content (AvgIpc) is 2.66. The molecule has 0 aliphatic carbocycles. The smallest absolute Gasteiger partial charge is 0.250 e. The van der Waals surface area contributed by atoms with Crippen molar-refractivity contribution in [1.29, 1.82) is 0 Å². The van der Waals surface area contributed by atoms with Gasteiger partial charge in [0.25, 0.3) is 0 Å². The number of carbonyl (C=O) groups excluding carboxylic acids is 1. The lowest BCUT2D eigenvalue weighted by Crippen LogP contribution is -2.19. The van der Waals surface area contributed by atoms with E-state index in [1.54, 1.807) is 18.0 Å². The van der Waals surface area contributed by atoms with E-state index in [9.17, 15) is 4.79 Å². The molecule has 0 fully saturated rings. The normalized spacial score (nSPS) is 10.8. The average molecular weight is 387 g/mol. The first-order chi connectivity index (χ1) is 13.1. The molecule has 0 unspecified atom stereocenters. The number of rotatable bonds is 10. The number of aryl methyl sites for hydroxylation is 1. The Morgan fingerprint density at radius 2 is 1.85 bits per heavy atom. The van der Waals surface area contributed by atoms with Crippen molar-refractivity contribution in [2.75, 3.05) is 19.0 Å². The Bertz CT molecular complexity index is 778. The van der Waals surface area contributed by atoms with Gasteiger partial charge in [-0.2, -0.15) is 5.10 Å². The van der Waals surface area contributed by atoms with Crippen molar-refractivity contribution in [2.45, 2.75) is 26.5 Å². The van der Waals surface area contributed by atoms with Gasteiger partial charge in [-0.05, 0) is 55.7 Å². The molecule has 144 valence electrons. The largest absolute Gasteiger partial charge is 0.490 e. The van der Waals surface area contributed by atoms with Gasteiger partial charge in [0.15, 0.2) is 11.5 Å². The lowest BCUT2D eigenvalue weighted by molar-refractivity contribution is -0.118. The van der Waals surface area contributed by atoms with Crippen LogP contribution in [0.15, 0.2) is 47.6 Å². The number of hydrazone groups is 1. The van der Waals surface area contributed by atoms with Gasteiger partial charge >= 0.3 is 0 Å². The second kappa shape index (κ2) is 11.3. The molecule has 0 spiro atoms. The monoisotopic (exact) mass is 386 g/mol. The Morgan fingerprint density at radius 1 is 1.11 bits per heavy atom. The van der Waals surface area contributed by atoms with Crippen molar-refractivity contribution in [3.8, 4) is 11.5 Å². The van der Waals surface area contributed by atoms with Crippen LogP contribution in [0.3, 0.4) is 0 Å². The minimum atomic E-state index is -0.124. The lowest BCUT2D eigenvalue weighted by atomic mass is 10.1. The van der Waals surface area contributed by atoms with Gasteiger partial charge < -0.3 is 9.47 Å². The van der Waals surface area contributed by atoms with E-state index in [1.165, 1.54) is 11.1 Å². The summed E-state index contributed by atoms with van der Waals surface area (Å²) in [5, 5.41) is 4.03. The SMILES string of the molecule is CCOc1ccc(/C=N\NC(=O)CSCc2ccccc2C)cc1OCC. The molecule has 0 atom stereocenters. The number of hydrogen-bond donors (Lipinski definition) is 1. The van der Waals surface area contributed by atoms with Crippen LogP contribution in [0.2, 0.25) is 0 Å². The van der Waals surface area contributed by atoms with Crippen molar-refractivity contribution < 1.29 is 14.3 Å². The topological polar surface area (TPSA) is 59.9 Å². The molecule has 0 aliphatic rings. The van der Waals surface area contributed by atoms with Crippen LogP contribution in [0.5, 0.6) is 11.5 Å². The molecular formula is C21H26N2O3S. The van der Waals surface area contributed by atoms with Crippen molar-refractivity contribution >= 4 is 23.9 Å². The third-order valence-corrected chi connectivity index (χ3v) is 4.70. The van der Waals surface area contributed by atoms with Gasteiger partial charge in [0.05, 0.1) is 25.2 Å². The zero-order valence-corrected chi connectivity index (χ0v) is 16.8. The minimum Gasteiger partial charge on any atom is -0.490 e. The highest BCUT2D eigenvalue weighted by Gasteiger charge is 2.06. The predicted molar refractivity (Wildman–Crippen MR) is 112 cm³/mol. The zero-order chi connectivity index (χ0) is 19.5. The summed E-state index contributed by atoms with van der Waals surface area (Å²) in [5.74, 6) is 2.41. The molecule has 6 heteroatoms. The molecule has 2 aromatic carbocycles. The van der Waals surface area contributed by atoms with Crippen LogP contribution in [-0.2, 0) is 10.5 Å². The third kappa shape index (κ3) is 6.98. The number of benzene rings is 2. The number of nitrogens with one attached hydrogen (secondary N) is 1. The van der Waals surface area contributed by atoms with Gasteiger partial charge in [0.1, 0.15) is 0 Å². The lowest BCUT2D eigenvalue weighted by Gasteiger charge is -2.11. The number of hydrogen-bond acceptors (Lipinski definition) is 5. The van der Waals surface area contributed by atoms with E-state index in [4.69, 9.17) is 9.47 Å². The molecule has 0 heterocycles. The van der Waals surface area contributed by atoms with Crippen LogP contribution >= 0.6 is 11.8 Å². The summed E-state index contributed by atoms with van der Waals surface area (Å²) in [7, 11) is 0. The van der Waals surface area contributed by atoms with Gasteiger partial charge in [0, 0.05) is 5.75 Å². The summed E-state index contributed by atoms with van der Waals surface area (Å²) in [6.07, 6.45) is 1.60. The fourth-order valence-electron chi connectivity index (χ4n) is 2.38. The quantitative estimate of drug-likeness (QED) is 0.492. The number of ether oxygens (including phenoxy) is 2. The fraction of sp³-hybridized carbons (Fsp3) is 0.333. The Hall–Kier alpha value is -2.47. The Morgan fingerprint density at radius 3 is 2.59 bits per heavy atom. The molecule has 1 amide bonds. The van der Waals surface area contributed by atoms with Crippen molar-refractivity contribution in [1.82, 2.24) is 5.43 Å². The van der Waals surface area contributed by atoms with Crippen LogP contribution in [0.4, 0.5) is 0 Å². The van der Waals surface area contributed by atoms with Crippen LogP contribution < -0.4 is 14.9 Å². The molecule has 0 bridgehead atoms. The van der Waals surface area contributed by atoms with Gasteiger partial charge in [-0.15, -0.1) is 11.8 Å². The van der Waals surface area contributed by atoms with Gasteiger partial charge in [-0.1, -0.05) is 24.3 Å². The zero-order valence-electron chi connectivity index (χ0n) is 16.0. The van der Waals surface area contributed by atoms with Crippen molar-refractivity contribution in [3.05, 3.63) is 59.2 Å². The Kier molecular flexibility index (Phi) is 8.71. The summed E-state index contributed by atoms with van der Waals surface area (Å²) in [6.45, 7) is 7.05. The Balaban J connectivity index is 1.82. The van der Waals surface area contributed by atoms with Crippen LogP contribution in [0.25, 0.3) is 0 Å². The van der Waals surface area contributed by atoms with Crippen molar-refractivity contribution in [3.63, 3.8) is 0 Å². The highest BCUT2D eigenvalue weighted by molar-refractivity contribution is 7.99. The summed E-state index contributed by atoms with van der Waals surface area (Å²) >= 11 is 1.57. The Labute approximate surface area is 165 Å². The van der Waals surface area contributed by atoms with Crippen LogP contribution in [-0.4, -0.2) is 31.1 Å². The highest BCUT2D eigenvalue weighted by Crippen LogP contribution is 2.28. The van der Waals surface area contributed by atoms with Crippen LogP contribution in [0.1, 0.15) is 30.5 Å². The summed E-state index contributed by atoms with van der Waals surface area (Å²) < 4.78 is 11.1. The molecule has 1 N–H and O–H groups in total. The van der Waals surface area contributed by atoms with Crippen LogP contribution in [0, 0.1) is 6.92 Å². The van der Waals surface area contributed by atoms with Gasteiger partial charge in [-0.3, -0.25) is 4.79 Å². The minimum absolute atomic E-state index is 0.124. The van der Waals surface area contributed by atoms with Crippen molar-refractivity contribution in [2.24, 2.45) is 5.10 Å². The molecule has 2 aromatic rings. The van der Waals surface area contributed by atoms with E-state index in [2.05, 4.69) is 29.6 Å². The molecule has 2 rings (SSSR count).